The second-order valence-corrected chi connectivity index (χ2v) is 9.86. The van der Waals surface area contributed by atoms with E-state index >= 15 is 0 Å². The molecular formula is C28H47N5O. The van der Waals surface area contributed by atoms with Gasteiger partial charge in [0.15, 0.2) is 0 Å². The van der Waals surface area contributed by atoms with Crippen molar-refractivity contribution in [2.75, 3.05) is 17.6 Å². The van der Waals surface area contributed by atoms with Crippen molar-refractivity contribution < 1.29 is 4.84 Å². The predicted octanol–water partition coefficient (Wildman–Crippen LogP) is 7.57. The summed E-state index contributed by atoms with van der Waals surface area (Å²) in [6.07, 6.45) is 6.75. The van der Waals surface area contributed by atoms with Crippen LogP contribution in [-0.2, 0) is 10.3 Å². The van der Waals surface area contributed by atoms with E-state index in [0.29, 0.717) is 12.0 Å². The van der Waals surface area contributed by atoms with Gasteiger partial charge in [-0.3, -0.25) is 4.84 Å². The fourth-order valence-electron chi connectivity index (χ4n) is 3.98. The van der Waals surface area contributed by atoms with Crippen molar-refractivity contribution in [3.8, 4) is 0 Å². The maximum atomic E-state index is 5.65. The lowest BCUT2D eigenvalue weighted by atomic mass is 9.78. The molecule has 0 saturated heterocycles. The number of para-hydroxylation sites is 2. The maximum Gasteiger partial charge on any atom is 0.138 e. The second kappa shape index (κ2) is 13.1. The third kappa shape index (κ3) is 7.16. The van der Waals surface area contributed by atoms with Crippen molar-refractivity contribution in [2.45, 2.75) is 111 Å². The molecule has 34 heavy (non-hydrogen) atoms. The number of nitrogens with one attached hydrogen (secondary N) is 2. The highest BCUT2D eigenvalue weighted by Gasteiger charge is 2.31. The Hall–Kier alpha value is -2.18. The Kier molecular flexibility index (Phi) is 10.8. The number of rotatable bonds is 11. The SMILES string of the molecule is CCC.CCC(CC)c1nc(C)nc(Nc2ccccc2N(NC2CC2)OC)c1C(C)(C)CC. The van der Waals surface area contributed by atoms with Crippen LogP contribution in [0.4, 0.5) is 17.2 Å². The molecule has 6 nitrogen and oxygen atoms in total. The van der Waals surface area contributed by atoms with E-state index in [1.807, 2.05) is 19.1 Å². The molecule has 190 valence electrons. The molecule has 1 heterocycles. The average molecular weight is 470 g/mol. The normalized spacial score (nSPS) is 13.5. The molecule has 1 aromatic heterocycles. The molecule has 0 unspecified atom stereocenters. The van der Waals surface area contributed by atoms with E-state index in [9.17, 15) is 0 Å². The number of hydrogen-bond acceptors (Lipinski definition) is 6. The summed E-state index contributed by atoms with van der Waals surface area (Å²) in [6.45, 7) is 17.6. The van der Waals surface area contributed by atoms with Crippen LogP contribution >= 0.6 is 0 Å². The summed E-state index contributed by atoms with van der Waals surface area (Å²) in [5.74, 6) is 2.12. The standard InChI is InChI=1S/C25H39N5O.C3H8/c1-8-18(9-2)23-22(25(5,6)10-3)24(27-17(4)26-23)28-20-13-11-12-14-21(20)30(31-7)29-19-15-16-19;1-3-2/h11-14,18-19,29H,8-10,15-16H2,1-7H3,(H,26,27,28);3H2,1-2H3. The van der Waals surface area contributed by atoms with Crippen molar-refractivity contribution >= 4 is 17.2 Å². The summed E-state index contributed by atoms with van der Waals surface area (Å²) in [6, 6.07) is 8.68. The summed E-state index contributed by atoms with van der Waals surface area (Å²) >= 11 is 0. The van der Waals surface area contributed by atoms with Gasteiger partial charge in [0.25, 0.3) is 0 Å². The minimum Gasteiger partial charge on any atom is -0.338 e. The summed E-state index contributed by atoms with van der Waals surface area (Å²) in [5, 5.41) is 5.43. The van der Waals surface area contributed by atoms with Gasteiger partial charge in [-0.2, -0.15) is 5.17 Å². The van der Waals surface area contributed by atoms with E-state index in [1.165, 1.54) is 30.5 Å². The molecule has 1 fully saturated rings. The van der Waals surface area contributed by atoms with Crippen LogP contribution in [-0.4, -0.2) is 23.1 Å². The molecule has 0 spiro atoms. The molecule has 0 amide bonds. The van der Waals surface area contributed by atoms with E-state index in [0.717, 1.165) is 42.3 Å². The van der Waals surface area contributed by atoms with E-state index in [4.69, 9.17) is 14.8 Å². The van der Waals surface area contributed by atoms with Gasteiger partial charge in [-0.1, -0.05) is 67.0 Å². The summed E-state index contributed by atoms with van der Waals surface area (Å²) < 4.78 is 0. The zero-order chi connectivity index (χ0) is 25.3. The summed E-state index contributed by atoms with van der Waals surface area (Å²) in [7, 11) is 1.69. The highest BCUT2D eigenvalue weighted by molar-refractivity contribution is 5.75. The van der Waals surface area contributed by atoms with Crippen molar-refractivity contribution in [3.05, 3.63) is 41.3 Å². The highest BCUT2D eigenvalue weighted by Crippen LogP contribution is 2.40. The largest absolute Gasteiger partial charge is 0.338 e. The van der Waals surface area contributed by atoms with Crippen LogP contribution in [0.5, 0.6) is 0 Å². The first-order chi connectivity index (χ1) is 16.3. The van der Waals surface area contributed by atoms with E-state index < -0.39 is 0 Å². The van der Waals surface area contributed by atoms with Gasteiger partial charge in [-0.15, -0.1) is 0 Å². The third-order valence-electron chi connectivity index (χ3n) is 6.42. The third-order valence-corrected chi connectivity index (χ3v) is 6.42. The number of aromatic nitrogens is 2. The first-order valence-electron chi connectivity index (χ1n) is 13.1. The molecular weight excluding hydrogens is 422 g/mol. The topological polar surface area (TPSA) is 62.3 Å². The molecule has 2 aromatic rings. The number of anilines is 3. The van der Waals surface area contributed by atoms with Gasteiger partial charge in [-0.05, 0) is 56.6 Å². The van der Waals surface area contributed by atoms with Crippen LogP contribution < -0.4 is 15.9 Å². The molecule has 0 aliphatic heterocycles. The maximum absolute atomic E-state index is 5.65. The molecule has 1 aliphatic carbocycles. The Morgan fingerprint density at radius 1 is 1.06 bits per heavy atom. The minimum atomic E-state index is -0.0455. The molecule has 0 radical (unpaired) electrons. The van der Waals surface area contributed by atoms with Crippen molar-refractivity contribution in [1.82, 2.24) is 15.4 Å². The molecule has 6 heteroatoms. The van der Waals surface area contributed by atoms with E-state index in [1.54, 1.807) is 12.3 Å². The Labute approximate surface area is 207 Å². The number of nitrogens with zero attached hydrogens (tertiary/aromatic N) is 3. The minimum absolute atomic E-state index is 0.0455. The number of hydrazine groups is 1. The van der Waals surface area contributed by atoms with Crippen LogP contribution in [0.15, 0.2) is 24.3 Å². The van der Waals surface area contributed by atoms with Crippen molar-refractivity contribution in [2.24, 2.45) is 0 Å². The highest BCUT2D eigenvalue weighted by atomic mass is 16.7. The van der Waals surface area contributed by atoms with E-state index in [2.05, 4.69) is 71.3 Å². The quantitative estimate of drug-likeness (QED) is 0.331. The Morgan fingerprint density at radius 3 is 2.21 bits per heavy atom. The van der Waals surface area contributed by atoms with Gasteiger partial charge in [-0.25, -0.2) is 15.4 Å². The zero-order valence-electron chi connectivity index (χ0n) is 23.0. The molecule has 0 atom stereocenters. The fraction of sp³-hybridized carbons (Fsp3) is 0.643. The predicted molar refractivity (Wildman–Crippen MR) is 145 cm³/mol. The summed E-state index contributed by atoms with van der Waals surface area (Å²) in [5.41, 5.74) is 7.70. The number of hydrogen-bond donors (Lipinski definition) is 2. The summed E-state index contributed by atoms with van der Waals surface area (Å²) in [4.78, 5) is 15.5. The van der Waals surface area contributed by atoms with Crippen LogP contribution in [0.2, 0.25) is 0 Å². The van der Waals surface area contributed by atoms with Gasteiger partial charge >= 0.3 is 0 Å². The fourth-order valence-corrected chi connectivity index (χ4v) is 3.98. The van der Waals surface area contributed by atoms with Crippen molar-refractivity contribution in [3.63, 3.8) is 0 Å². The molecule has 1 aromatic carbocycles. The van der Waals surface area contributed by atoms with Gasteiger partial charge < -0.3 is 5.32 Å². The monoisotopic (exact) mass is 469 g/mol. The lowest BCUT2D eigenvalue weighted by molar-refractivity contribution is 0.133. The van der Waals surface area contributed by atoms with Gasteiger partial charge in [0.2, 0.25) is 0 Å². The smallest absolute Gasteiger partial charge is 0.138 e. The van der Waals surface area contributed by atoms with E-state index in [-0.39, 0.29) is 5.41 Å². The number of benzene rings is 1. The first-order valence-corrected chi connectivity index (χ1v) is 13.1. The average Bonchev–Trinajstić information content (AvgIpc) is 3.63. The van der Waals surface area contributed by atoms with Crippen LogP contribution in [0.3, 0.4) is 0 Å². The number of aryl methyl sites for hydroxylation is 1. The van der Waals surface area contributed by atoms with Gasteiger partial charge in [0, 0.05) is 17.5 Å². The zero-order valence-corrected chi connectivity index (χ0v) is 23.0. The second-order valence-electron chi connectivity index (χ2n) is 9.86. The Morgan fingerprint density at radius 2 is 1.68 bits per heavy atom. The van der Waals surface area contributed by atoms with Crippen LogP contribution in [0.25, 0.3) is 0 Å². The molecule has 3 rings (SSSR count). The molecule has 0 bridgehead atoms. The van der Waals surface area contributed by atoms with Crippen molar-refractivity contribution in [1.29, 1.82) is 0 Å². The lowest BCUT2D eigenvalue weighted by Gasteiger charge is -2.31. The first kappa shape index (κ1) is 28.1. The molecule has 2 N–H and O–H groups in total. The van der Waals surface area contributed by atoms with Gasteiger partial charge in [0.1, 0.15) is 17.3 Å². The molecule has 1 saturated carbocycles. The molecule has 1 aliphatic rings. The van der Waals surface area contributed by atoms with Gasteiger partial charge in [0.05, 0.1) is 18.5 Å². The van der Waals surface area contributed by atoms with Crippen LogP contribution in [0, 0.1) is 6.92 Å². The Bertz CT molecular complexity index is 890. The van der Waals surface area contributed by atoms with Crippen LogP contribution in [0.1, 0.15) is 110 Å². The lowest BCUT2D eigenvalue weighted by Crippen LogP contribution is -2.39. The Balaban J connectivity index is 0.00000129.